The van der Waals surface area contributed by atoms with Gasteiger partial charge in [0.05, 0.1) is 27.7 Å². The Morgan fingerprint density at radius 3 is 1.17 bits per heavy atom. The number of carbonyl (C=O) groups excluding carboxylic acids is 2. The molecule has 0 aromatic rings. The van der Waals surface area contributed by atoms with E-state index >= 15 is 0 Å². The lowest BCUT2D eigenvalue weighted by atomic mass is 10.0. The lowest BCUT2D eigenvalue weighted by Crippen LogP contribution is -2.37. The Bertz CT molecular complexity index is 1600. The van der Waals surface area contributed by atoms with Crippen molar-refractivity contribution in [1.82, 2.24) is 0 Å². The fraction of sp³-hybridized carbons (Fsp3) is 0.727. The SMILES string of the molecule is CC/C=C\C/C=C\C/C=C\C/C=C\C/C=C\C/C=C\CCC(=O)OC(COC(=O)CCCCCCCCCCCCCCCCCCCCCCC/C=C\C/C=C\CCCCCCC)COP(=O)(O)OCC[N+](C)(C)C. The predicted octanol–water partition coefficient (Wildman–Crippen LogP) is 19.6. The molecule has 0 bridgehead atoms. The van der Waals surface area contributed by atoms with Gasteiger partial charge in [0, 0.05) is 12.8 Å². The van der Waals surface area contributed by atoms with Crippen LogP contribution in [0, 0.1) is 0 Å². The number of ether oxygens (including phenoxy) is 2. The highest BCUT2D eigenvalue weighted by atomic mass is 31.2. The Morgan fingerprint density at radius 1 is 0.421 bits per heavy atom. The molecule has 0 saturated carbocycles. The molecular weight excluding hydrogens is 966 g/mol. The molecule has 0 spiro atoms. The molecular formula is C66H117NO8P+. The van der Waals surface area contributed by atoms with Crippen LogP contribution >= 0.6 is 7.82 Å². The third kappa shape index (κ3) is 60.2. The van der Waals surface area contributed by atoms with Crippen LogP contribution in [0.3, 0.4) is 0 Å². The smallest absolute Gasteiger partial charge is 0.462 e. The molecule has 0 amide bonds. The summed E-state index contributed by atoms with van der Waals surface area (Å²) >= 11 is 0. The number of esters is 2. The van der Waals surface area contributed by atoms with E-state index < -0.39 is 26.5 Å². The van der Waals surface area contributed by atoms with Crippen molar-refractivity contribution in [2.45, 2.75) is 264 Å². The molecule has 438 valence electrons. The number of carbonyl (C=O) groups is 2. The van der Waals surface area contributed by atoms with Crippen LogP contribution in [0.1, 0.15) is 258 Å². The van der Waals surface area contributed by atoms with E-state index in [-0.39, 0.29) is 32.0 Å². The number of rotatable bonds is 56. The molecule has 0 saturated heterocycles. The molecule has 0 aliphatic rings. The van der Waals surface area contributed by atoms with Crippen molar-refractivity contribution in [3.05, 3.63) is 97.2 Å². The Labute approximate surface area is 468 Å². The van der Waals surface area contributed by atoms with Crippen molar-refractivity contribution in [1.29, 1.82) is 0 Å². The first-order valence-corrected chi connectivity index (χ1v) is 32.5. The highest BCUT2D eigenvalue weighted by molar-refractivity contribution is 7.47. The average molecular weight is 1080 g/mol. The van der Waals surface area contributed by atoms with E-state index in [0.29, 0.717) is 17.4 Å². The first-order valence-electron chi connectivity index (χ1n) is 31.0. The lowest BCUT2D eigenvalue weighted by Gasteiger charge is -2.24. The number of phosphoric acid groups is 1. The number of hydrogen-bond acceptors (Lipinski definition) is 7. The summed E-state index contributed by atoms with van der Waals surface area (Å²) in [7, 11) is 1.43. The fourth-order valence-corrected chi connectivity index (χ4v) is 9.11. The van der Waals surface area contributed by atoms with Crippen LogP contribution in [0.15, 0.2) is 97.2 Å². The van der Waals surface area contributed by atoms with Crippen molar-refractivity contribution >= 4 is 19.8 Å². The molecule has 10 heteroatoms. The van der Waals surface area contributed by atoms with Gasteiger partial charge >= 0.3 is 19.8 Å². The van der Waals surface area contributed by atoms with Gasteiger partial charge in [-0.25, -0.2) is 4.57 Å². The zero-order valence-corrected chi connectivity index (χ0v) is 50.6. The Balaban J connectivity index is 4.10. The molecule has 0 fully saturated rings. The monoisotopic (exact) mass is 1080 g/mol. The fourth-order valence-electron chi connectivity index (χ4n) is 8.37. The highest BCUT2D eigenvalue weighted by Gasteiger charge is 2.27. The minimum Gasteiger partial charge on any atom is -0.462 e. The zero-order valence-electron chi connectivity index (χ0n) is 49.7. The number of unbranched alkanes of at least 4 members (excludes halogenated alkanes) is 26. The summed E-state index contributed by atoms with van der Waals surface area (Å²) in [6.45, 7) is 4.23. The number of hydrogen-bond donors (Lipinski definition) is 1. The van der Waals surface area contributed by atoms with Gasteiger partial charge in [-0.15, -0.1) is 0 Å². The van der Waals surface area contributed by atoms with E-state index in [4.69, 9.17) is 18.5 Å². The summed E-state index contributed by atoms with van der Waals surface area (Å²) in [5, 5.41) is 0. The molecule has 0 aliphatic heterocycles. The quantitative estimate of drug-likeness (QED) is 0.0211. The Kier molecular flexibility index (Phi) is 54.4. The van der Waals surface area contributed by atoms with E-state index in [2.05, 4.69) is 98.9 Å². The van der Waals surface area contributed by atoms with Crippen LogP contribution in [0.4, 0.5) is 0 Å². The summed E-state index contributed by atoms with van der Waals surface area (Å²) in [4.78, 5) is 35.7. The maximum absolute atomic E-state index is 12.8. The van der Waals surface area contributed by atoms with Crippen molar-refractivity contribution in [3.63, 3.8) is 0 Å². The maximum Gasteiger partial charge on any atom is 0.472 e. The van der Waals surface area contributed by atoms with Crippen LogP contribution < -0.4 is 0 Å². The molecule has 0 heterocycles. The molecule has 76 heavy (non-hydrogen) atoms. The van der Waals surface area contributed by atoms with Crippen molar-refractivity contribution in [2.75, 3.05) is 47.5 Å². The molecule has 1 N–H and O–H groups in total. The number of allylic oxidation sites excluding steroid dienone is 16. The van der Waals surface area contributed by atoms with Gasteiger partial charge in [-0.1, -0.05) is 259 Å². The van der Waals surface area contributed by atoms with Gasteiger partial charge in [0.25, 0.3) is 0 Å². The predicted molar refractivity (Wildman–Crippen MR) is 325 cm³/mol. The summed E-state index contributed by atoms with van der Waals surface area (Å²) in [6, 6.07) is 0. The second-order valence-corrected chi connectivity index (χ2v) is 23.2. The minimum absolute atomic E-state index is 0.0146. The normalized spacial score (nSPS) is 13.9. The Morgan fingerprint density at radius 2 is 0.776 bits per heavy atom. The molecule has 0 aromatic heterocycles. The van der Waals surface area contributed by atoms with Crippen LogP contribution in [0.2, 0.25) is 0 Å². The second-order valence-electron chi connectivity index (χ2n) is 21.7. The van der Waals surface area contributed by atoms with Gasteiger partial charge in [-0.05, 0) is 83.5 Å². The van der Waals surface area contributed by atoms with E-state index in [1.54, 1.807) is 0 Å². The zero-order chi connectivity index (χ0) is 55.6. The van der Waals surface area contributed by atoms with Crippen LogP contribution in [-0.4, -0.2) is 74.9 Å². The van der Waals surface area contributed by atoms with E-state index in [9.17, 15) is 19.0 Å². The maximum atomic E-state index is 12.8. The van der Waals surface area contributed by atoms with E-state index in [1.807, 2.05) is 33.3 Å². The largest absolute Gasteiger partial charge is 0.472 e. The molecule has 0 rings (SSSR count). The Hall–Kier alpha value is -3.07. The lowest BCUT2D eigenvalue weighted by molar-refractivity contribution is -0.870. The number of nitrogens with zero attached hydrogens (tertiary/aromatic N) is 1. The summed E-state index contributed by atoms with van der Waals surface area (Å²) in [6.07, 6.45) is 78.1. The molecule has 2 unspecified atom stereocenters. The van der Waals surface area contributed by atoms with Gasteiger partial charge in [0.1, 0.15) is 19.8 Å². The standard InChI is InChI=1S/C66H116NO8P/c1-6-8-10-12-14-16-18-20-22-24-26-27-28-29-30-31-32-33-34-35-36-37-38-39-41-42-44-46-48-50-52-54-56-58-65(68)72-62-64(63-74-76(70,71)73-61-60-67(3,4)5)75-66(69)59-57-55-53-51-49-47-45-43-40-25-23-21-19-17-15-13-11-9-7-2/h9,11,15,17-18,20-21,23-24,26,40,43,47,49,53,55,64H,6-8,10,12-14,16,19,22,25,27-39,41-42,44-46,48,50-52,54,56-63H2,1-5H3/p+1/b11-9-,17-15-,20-18-,23-21-,26-24-,43-40-,49-47-,55-53-. The molecule has 0 radical (unpaired) electrons. The third-order valence-electron chi connectivity index (χ3n) is 13.1. The summed E-state index contributed by atoms with van der Waals surface area (Å²) in [5.41, 5.74) is 0. The van der Waals surface area contributed by atoms with Gasteiger partial charge in [0.2, 0.25) is 0 Å². The van der Waals surface area contributed by atoms with Crippen molar-refractivity contribution < 1.29 is 42.1 Å². The highest BCUT2D eigenvalue weighted by Crippen LogP contribution is 2.43. The van der Waals surface area contributed by atoms with Crippen molar-refractivity contribution in [3.8, 4) is 0 Å². The molecule has 0 aliphatic carbocycles. The average Bonchev–Trinajstić information content (AvgIpc) is 3.38. The molecule has 0 aromatic carbocycles. The number of likely N-dealkylation sites (N-methyl/N-ethyl adjacent to an activating group) is 1. The van der Waals surface area contributed by atoms with E-state index in [0.717, 1.165) is 64.2 Å². The topological polar surface area (TPSA) is 108 Å². The van der Waals surface area contributed by atoms with Gasteiger partial charge in [0.15, 0.2) is 6.10 Å². The summed E-state index contributed by atoms with van der Waals surface area (Å²) in [5.74, 6) is -0.893. The number of quaternary nitrogens is 1. The number of phosphoric ester groups is 1. The first-order chi connectivity index (χ1) is 37.0. The third-order valence-corrected chi connectivity index (χ3v) is 14.1. The van der Waals surface area contributed by atoms with Gasteiger partial charge < -0.3 is 18.9 Å². The summed E-state index contributed by atoms with van der Waals surface area (Å²) < 4.78 is 34.5. The second kappa shape index (κ2) is 56.6. The first kappa shape index (κ1) is 72.9. The van der Waals surface area contributed by atoms with E-state index in [1.165, 1.54) is 161 Å². The molecule has 2 atom stereocenters. The minimum atomic E-state index is -4.41. The van der Waals surface area contributed by atoms with Crippen molar-refractivity contribution in [2.24, 2.45) is 0 Å². The van der Waals surface area contributed by atoms with Crippen LogP contribution in [-0.2, 0) is 32.7 Å². The molecule has 9 nitrogen and oxygen atoms in total. The van der Waals surface area contributed by atoms with Crippen LogP contribution in [0.25, 0.3) is 0 Å². The van der Waals surface area contributed by atoms with Gasteiger partial charge in [-0.2, -0.15) is 0 Å². The van der Waals surface area contributed by atoms with Crippen LogP contribution in [0.5, 0.6) is 0 Å². The van der Waals surface area contributed by atoms with Gasteiger partial charge in [-0.3, -0.25) is 18.6 Å².